The van der Waals surface area contributed by atoms with Gasteiger partial charge < -0.3 is 15.5 Å². The van der Waals surface area contributed by atoms with E-state index in [4.69, 9.17) is 0 Å². The zero-order valence-corrected chi connectivity index (χ0v) is 17.6. The van der Waals surface area contributed by atoms with Crippen LogP contribution in [-0.4, -0.2) is 34.9 Å². The van der Waals surface area contributed by atoms with Crippen molar-refractivity contribution >= 4 is 29.1 Å². The summed E-state index contributed by atoms with van der Waals surface area (Å²) in [5.74, 6) is 0.302. The van der Waals surface area contributed by atoms with E-state index in [0.29, 0.717) is 18.9 Å². The number of nitrogens with one attached hydrogen (secondary N) is 2. The fraction of sp³-hybridized carbons (Fsp3) is 0.208. The minimum absolute atomic E-state index is 0.107. The zero-order chi connectivity index (χ0) is 21.8. The van der Waals surface area contributed by atoms with Gasteiger partial charge in [-0.05, 0) is 43.8 Å². The van der Waals surface area contributed by atoms with Gasteiger partial charge in [-0.25, -0.2) is 9.78 Å². The number of carbonyl (C=O) groups is 2. The van der Waals surface area contributed by atoms with Crippen LogP contribution in [0.1, 0.15) is 18.2 Å². The number of pyridine rings is 1. The minimum atomic E-state index is -0.338. The SMILES string of the molecule is CNC(C)C(=O)Nc1ccc2c(n1)CN(Cc1ccccc1)C(=O)N2c1ccccc1. The molecule has 0 saturated carbocycles. The maximum absolute atomic E-state index is 13.4. The molecule has 3 amide bonds. The second kappa shape index (κ2) is 8.97. The van der Waals surface area contributed by atoms with E-state index in [9.17, 15) is 9.59 Å². The summed E-state index contributed by atoms with van der Waals surface area (Å²) in [6, 6.07) is 22.5. The molecule has 4 rings (SSSR count). The number of rotatable bonds is 6. The molecule has 0 saturated heterocycles. The van der Waals surface area contributed by atoms with Crippen LogP contribution in [0.15, 0.2) is 72.8 Å². The van der Waals surface area contributed by atoms with Gasteiger partial charge in [0.25, 0.3) is 0 Å². The van der Waals surface area contributed by atoms with Gasteiger partial charge in [-0.1, -0.05) is 48.5 Å². The number of likely N-dealkylation sites (N-methyl/N-ethyl adjacent to an activating group) is 1. The van der Waals surface area contributed by atoms with Crippen molar-refractivity contribution in [2.24, 2.45) is 0 Å². The van der Waals surface area contributed by atoms with Gasteiger partial charge in [-0.3, -0.25) is 9.69 Å². The summed E-state index contributed by atoms with van der Waals surface area (Å²) in [7, 11) is 1.73. The highest BCUT2D eigenvalue weighted by Crippen LogP contribution is 2.35. The van der Waals surface area contributed by atoms with Crippen LogP contribution in [0.2, 0.25) is 0 Å². The number of hydrogen-bond donors (Lipinski definition) is 2. The van der Waals surface area contributed by atoms with Crippen LogP contribution in [0, 0.1) is 0 Å². The number of hydrogen-bond acceptors (Lipinski definition) is 4. The third kappa shape index (κ3) is 4.41. The van der Waals surface area contributed by atoms with Crippen LogP contribution in [0.25, 0.3) is 0 Å². The first-order chi connectivity index (χ1) is 15.1. The van der Waals surface area contributed by atoms with Crippen molar-refractivity contribution in [3.05, 3.63) is 84.1 Å². The molecule has 0 radical (unpaired) electrons. The van der Waals surface area contributed by atoms with Crippen LogP contribution in [-0.2, 0) is 17.9 Å². The van der Waals surface area contributed by atoms with Gasteiger partial charge >= 0.3 is 6.03 Å². The minimum Gasteiger partial charge on any atom is -0.314 e. The third-order valence-electron chi connectivity index (χ3n) is 5.30. The molecule has 158 valence electrons. The molecule has 0 fully saturated rings. The topological polar surface area (TPSA) is 77.6 Å². The lowest BCUT2D eigenvalue weighted by Gasteiger charge is -2.36. The Morgan fingerprint density at radius 1 is 1.03 bits per heavy atom. The molecule has 0 spiro atoms. The second-order valence-electron chi connectivity index (χ2n) is 7.46. The maximum Gasteiger partial charge on any atom is 0.329 e. The molecule has 31 heavy (non-hydrogen) atoms. The van der Waals surface area contributed by atoms with Gasteiger partial charge in [0.05, 0.1) is 29.7 Å². The highest BCUT2D eigenvalue weighted by Gasteiger charge is 2.32. The van der Waals surface area contributed by atoms with E-state index in [0.717, 1.165) is 22.6 Å². The fourth-order valence-corrected chi connectivity index (χ4v) is 3.50. The van der Waals surface area contributed by atoms with Crippen molar-refractivity contribution in [1.29, 1.82) is 0 Å². The average Bonchev–Trinajstić information content (AvgIpc) is 2.80. The van der Waals surface area contributed by atoms with Crippen LogP contribution in [0.5, 0.6) is 0 Å². The largest absolute Gasteiger partial charge is 0.329 e. The van der Waals surface area contributed by atoms with Crippen molar-refractivity contribution in [3.8, 4) is 0 Å². The number of anilines is 3. The normalized spacial score (nSPS) is 14.2. The number of urea groups is 1. The summed E-state index contributed by atoms with van der Waals surface area (Å²) in [6.45, 7) is 2.61. The second-order valence-corrected chi connectivity index (χ2v) is 7.46. The predicted octanol–water partition coefficient (Wildman–Crippen LogP) is 3.90. The summed E-state index contributed by atoms with van der Waals surface area (Å²) in [5.41, 5.74) is 3.27. The number of benzene rings is 2. The Morgan fingerprint density at radius 2 is 1.71 bits per heavy atom. The Kier molecular flexibility index (Phi) is 5.95. The number of amides is 3. The van der Waals surface area contributed by atoms with Gasteiger partial charge in [0.15, 0.2) is 0 Å². The molecule has 3 aromatic rings. The molecule has 7 heteroatoms. The van der Waals surface area contributed by atoms with Crippen LogP contribution < -0.4 is 15.5 Å². The molecule has 2 heterocycles. The fourth-order valence-electron chi connectivity index (χ4n) is 3.50. The maximum atomic E-state index is 13.4. The Morgan fingerprint density at radius 3 is 2.39 bits per heavy atom. The molecule has 1 atom stereocenters. The molecule has 0 aliphatic carbocycles. The number of nitrogens with zero attached hydrogens (tertiary/aromatic N) is 3. The Hall–Kier alpha value is -3.71. The third-order valence-corrected chi connectivity index (χ3v) is 5.30. The van der Waals surface area contributed by atoms with E-state index in [1.165, 1.54) is 0 Å². The molecule has 2 aromatic carbocycles. The molecular formula is C24H25N5O2. The number of fused-ring (bicyclic) bond motifs is 1. The molecule has 7 nitrogen and oxygen atoms in total. The van der Waals surface area contributed by atoms with E-state index < -0.39 is 0 Å². The summed E-state index contributed by atoms with van der Waals surface area (Å²) in [6.07, 6.45) is 0. The zero-order valence-electron chi connectivity index (χ0n) is 17.6. The van der Waals surface area contributed by atoms with E-state index >= 15 is 0 Å². The monoisotopic (exact) mass is 415 g/mol. The predicted molar refractivity (Wildman–Crippen MR) is 121 cm³/mol. The standard InChI is InChI=1S/C24H25N5O2/c1-17(25-2)23(30)27-22-14-13-21-20(26-22)16-28(15-18-9-5-3-6-10-18)24(31)29(21)19-11-7-4-8-12-19/h3-14,17,25H,15-16H2,1-2H3,(H,26,27,30). The number of carbonyl (C=O) groups excluding carboxylic acids is 2. The molecule has 1 aliphatic heterocycles. The Balaban J connectivity index is 1.70. The molecular weight excluding hydrogens is 390 g/mol. The van der Waals surface area contributed by atoms with Gasteiger partial charge in [0, 0.05) is 6.54 Å². The lowest BCUT2D eigenvalue weighted by molar-refractivity contribution is -0.117. The van der Waals surface area contributed by atoms with Crippen molar-refractivity contribution in [1.82, 2.24) is 15.2 Å². The van der Waals surface area contributed by atoms with Crippen molar-refractivity contribution in [3.63, 3.8) is 0 Å². The van der Waals surface area contributed by atoms with E-state index in [1.807, 2.05) is 66.7 Å². The highest BCUT2D eigenvalue weighted by molar-refractivity contribution is 6.02. The summed E-state index contributed by atoms with van der Waals surface area (Å²) >= 11 is 0. The molecule has 1 unspecified atom stereocenters. The lowest BCUT2D eigenvalue weighted by atomic mass is 10.1. The van der Waals surface area contributed by atoms with Crippen LogP contribution >= 0.6 is 0 Å². The van der Waals surface area contributed by atoms with Gasteiger partial charge in [-0.15, -0.1) is 0 Å². The van der Waals surface area contributed by atoms with E-state index in [-0.39, 0.29) is 18.0 Å². The van der Waals surface area contributed by atoms with Crippen LogP contribution in [0.4, 0.5) is 22.0 Å². The first-order valence-electron chi connectivity index (χ1n) is 10.2. The van der Waals surface area contributed by atoms with Gasteiger partial charge in [0.2, 0.25) is 5.91 Å². The molecule has 1 aliphatic rings. The number of para-hydroxylation sites is 1. The van der Waals surface area contributed by atoms with Crippen molar-refractivity contribution in [2.45, 2.75) is 26.1 Å². The molecule has 2 N–H and O–H groups in total. The van der Waals surface area contributed by atoms with Crippen molar-refractivity contribution in [2.75, 3.05) is 17.3 Å². The first-order valence-corrected chi connectivity index (χ1v) is 10.2. The Bertz CT molecular complexity index is 1070. The first kappa shape index (κ1) is 20.6. The summed E-state index contributed by atoms with van der Waals surface area (Å²) < 4.78 is 0. The van der Waals surface area contributed by atoms with Crippen LogP contribution in [0.3, 0.4) is 0 Å². The summed E-state index contributed by atoms with van der Waals surface area (Å²) in [5, 5.41) is 5.75. The lowest BCUT2D eigenvalue weighted by Crippen LogP contribution is -2.44. The highest BCUT2D eigenvalue weighted by atomic mass is 16.2. The summed E-state index contributed by atoms with van der Waals surface area (Å²) in [4.78, 5) is 33.8. The smallest absolute Gasteiger partial charge is 0.314 e. The van der Waals surface area contributed by atoms with Gasteiger partial charge in [-0.2, -0.15) is 0 Å². The van der Waals surface area contributed by atoms with E-state index in [2.05, 4.69) is 15.6 Å². The number of aromatic nitrogens is 1. The van der Waals surface area contributed by atoms with E-state index in [1.54, 1.807) is 29.8 Å². The molecule has 1 aromatic heterocycles. The Labute approximate surface area is 181 Å². The van der Waals surface area contributed by atoms with Gasteiger partial charge in [0.1, 0.15) is 5.82 Å². The quantitative estimate of drug-likeness (QED) is 0.640. The average molecular weight is 415 g/mol. The van der Waals surface area contributed by atoms with Crippen molar-refractivity contribution < 1.29 is 9.59 Å². The molecule has 0 bridgehead atoms.